The number of rotatable bonds is 4. The Morgan fingerprint density at radius 3 is 2.50 bits per heavy atom. The van der Waals surface area contributed by atoms with Crippen LogP contribution in [0, 0.1) is 0 Å². The van der Waals surface area contributed by atoms with Crippen LogP contribution in [0.3, 0.4) is 0 Å². The predicted octanol–water partition coefficient (Wildman–Crippen LogP) is 3.07. The fraction of sp³-hybridized carbons (Fsp3) is 0.625. The maximum atomic E-state index is 9.84. The standard InChI is InChI=1S/C16H25NO/c1-16(2,18)12-17-15-11-7-6-10-14(15)13-8-4-3-5-9-13/h3-5,8-9,14-15,17-18H,6-7,10-12H2,1-2H3. The van der Waals surface area contributed by atoms with Crippen LogP contribution >= 0.6 is 0 Å². The summed E-state index contributed by atoms with van der Waals surface area (Å²) in [6.07, 6.45) is 5.09. The van der Waals surface area contributed by atoms with Crippen molar-refractivity contribution in [2.75, 3.05) is 6.54 Å². The third-order valence-corrected chi connectivity index (χ3v) is 3.79. The average molecular weight is 247 g/mol. The van der Waals surface area contributed by atoms with Gasteiger partial charge in [-0.05, 0) is 38.2 Å². The Morgan fingerprint density at radius 2 is 1.83 bits per heavy atom. The lowest BCUT2D eigenvalue weighted by atomic mass is 9.80. The molecule has 0 heterocycles. The van der Waals surface area contributed by atoms with E-state index in [2.05, 4.69) is 35.6 Å². The van der Waals surface area contributed by atoms with Gasteiger partial charge in [0.15, 0.2) is 0 Å². The molecule has 0 radical (unpaired) electrons. The molecule has 0 amide bonds. The van der Waals surface area contributed by atoms with Crippen LogP contribution in [0.4, 0.5) is 0 Å². The molecular weight excluding hydrogens is 222 g/mol. The lowest BCUT2D eigenvalue weighted by Crippen LogP contribution is -2.44. The monoisotopic (exact) mass is 247 g/mol. The van der Waals surface area contributed by atoms with Crippen molar-refractivity contribution in [3.05, 3.63) is 35.9 Å². The van der Waals surface area contributed by atoms with E-state index in [1.165, 1.54) is 31.2 Å². The van der Waals surface area contributed by atoms with Gasteiger partial charge in [0.2, 0.25) is 0 Å². The maximum absolute atomic E-state index is 9.84. The molecule has 1 saturated carbocycles. The first-order chi connectivity index (χ1) is 8.56. The highest BCUT2D eigenvalue weighted by molar-refractivity contribution is 5.22. The zero-order valence-corrected chi connectivity index (χ0v) is 11.5. The first kappa shape index (κ1) is 13.6. The van der Waals surface area contributed by atoms with Crippen LogP contribution in [0.25, 0.3) is 0 Å². The van der Waals surface area contributed by atoms with Crippen LogP contribution in [0.1, 0.15) is 51.0 Å². The molecule has 1 aromatic rings. The molecule has 1 aliphatic rings. The number of benzene rings is 1. The highest BCUT2D eigenvalue weighted by Crippen LogP contribution is 2.33. The van der Waals surface area contributed by atoms with Gasteiger partial charge in [-0.3, -0.25) is 0 Å². The van der Waals surface area contributed by atoms with Crippen LogP contribution in [0.5, 0.6) is 0 Å². The molecule has 2 heteroatoms. The van der Waals surface area contributed by atoms with Crippen molar-refractivity contribution in [1.82, 2.24) is 5.32 Å². The first-order valence-electron chi connectivity index (χ1n) is 7.07. The summed E-state index contributed by atoms with van der Waals surface area (Å²) in [5.41, 5.74) is 0.809. The Kier molecular flexibility index (Phi) is 4.41. The van der Waals surface area contributed by atoms with E-state index in [-0.39, 0.29) is 0 Å². The molecule has 100 valence electrons. The normalized spacial score (nSPS) is 25.1. The molecule has 0 saturated heterocycles. The molecule has 0 bridgehead atoms. The summed E-state index contributed by atoms with van der Waals surface area (Å²) in [4.78, 5) is 0. The van der Waals surface area contributed by atoms with Gasteiger partial charge >= 0.3 is 0 Å². The molecule has 2 unspecified atom stereocenters. The smallest absolute Gasteiger partial charge is 0.0715 e. The van der Waals surface area contributed by atoms with Crippen LogP contribution in [0.15, 0.2) is 30.3 Å². The molecule has 0 aromatic heterocycles. The van der Waals surface area contributed by atoms with Gasteiger partial charge < -0.3 is 10.4 Å². The van der Waals surface area contributed by atoms with Crippen molar-refractivity contribution in [1.29, 1.82) is 0 Å². The molecule has 2 N–H and O–H groups in total. The van der Waals surface area contributed by atoms with E-state index in [1.54, 1.807) is 0 Å². The van der Waals surface area contributed by atoms with E-state index in [4.69, 9.17) is 0 Å². The molecule has 1 aliphatic carbocycles. The zero-order chi connectivity index (χ0) is 13.0. The van der Waals surface area contributed by atoms with Gasteiger partial charge in [0.1, 0.15) is 0 Å². The third kappa shape index (κ3) is 3.82. The Balaban J connectivity index is 2.02. The summed E-state index contributed by atoms with van der Waals surface area (Å²) in [5, 5.41) is 13.4. The molecule has 1 aromatic carbocycles. The number of hydrogen-bond donors (Lipinski definition) is 2. The van der Waals surface area contributed by atoms with E-state index in [0.717, 1.165) is 0 Å². The quantitative estimate of drug-likeness (QED) is 0.857. The highest BCUT2D eigenvalue weighted by atomic mass is 16.3. The second-order valence-corrected chi connectivity index (χ2v) is 6.10. The minimum absolute atomic E-state index is 0.507. The minimum atomic E-state index is -0.626. The second kappa shape index (κ2) is 5.85. The van der Waals surface area contributed by atoms with Crippen molar-refractivity contribution in [2.24, 2.45) is 0 Å². The second-order valence-electron chi connectivity index (χ2n) is 6.10. The molecule has 1 fully saturated rings. The van der Waals surface area contributed by atoms with Crippen LogP contribution in [-0.4, -0.2) is 23.3 Å². The molecule has 2 rings (SSSR count). The van der Waals surface area contributed by atoms with Gasteiger partial charge in [0.05, 0.1) is 5.60 Å². The average Bonchev–Trinajstić information content (AvgIpc) is 2.37. The van der Waals surface area contributed by atoms with E-state index in [1.807, 2.05) is 13.8 Å². The Bertz CT molecular complexity index is 355. The fourth-order valence-corrected chi connectivity index (χ4v) is 2.86. The van der Waals surface area contributed by atoms with Crippen molar-refractivity contribution in [3.63, 3.8) is 0 Å². The molecule has 18 heavy (non-hydrogen) atoms. The molecule has 2 nitrogen and oxygen atoms in total. The van der Waals surface area contributed by atoms with Crippen molar-refractivity contribution >= 4 is 0 Å². The van der Waals surface area contributed by atoms with Crippen LogP contribution < -0.4 is 5.32 Å². The predicted molar refractivity (Wildman–Crippen MR) is 75.7 cm³/mol. The third-order valence-electron chi connectivity index (χ3n) is 3.79. The fourth-order valence-electron chi connectivity index (χ4n) is 2.86. The van der Waals surface area contributed by atoms with Gasteiger partial charge in [0.25, 0.3) is 0 Å². The Morgan fingerprint density at radius 1 is 1.17 bits per heavy atom. The van der Waals surface area contributed by atoms with Crippen molar-refractivity contribution in [2.45, 2.75) is 57.1 Å². The first-order valence-corrected chi connectivity index (χ1v) is 7.07. The topological polar surface area (TPSA) is 32.3 Å². The summed E-state index contributed by atoms with van der Waals surface area (Å²) >= 11 is 0. The van der Waals surface area contributed by atoms with Crippen molar-refractivity contribution in [3.8, 4) is 0 Å². The van der Waals surface area contributed by atoms with E-state index < -0.39 is 5.60 Å². The number of hydrogen-bond acceptors (Lipinski definition) is 2. The maximum Gasteiger partial charge on any atom is 0.0715 e. The Labute approximate surface area is 110 Å². The molecule has 0 spiro atoms. The Hall–Kier alpha value is -0.860. The van der Waals surface area contributed by atoms with Crippen LogP contribution in [0.2, 0.25) is 0 Å². The van der Waals surface area contributed by atoms with E-state index >= 15 is 0 Å². The molecule has 2 atom stereocenters. The highest BCUT2D eigenvalue weighted by Gasteiger charge is 2.27. The summed E-state index contributed by atoms with van der Waals surface area (Å²) in [5.74, 6) is 0.599. The van der Waals surface area contributed by atoms with E-state index in [9.17, 15) is 5.11 Å². The van der Waals surface area contributed by atoms with E-state index in [0.29, 0.717) is 18.5 Å². The molecule has 0 aliphatic heterocycles. The van der Waals surface area contributed by atoms with Gasteiger partial charge in [-0.25, -0.2) is 0 Å². The zero-order valence-electron chi connectivity index (χ0n) is 11.5. The summed E-state index contributed by atoms with van der Waals surface area (Å²) in [6, 6.07) is 11.3. The number of nitrogens with one attached hydrogen (secondary N) is 1. The lowest BCUT2D eigenvalue weighted by Gasteiger charge is -2.34. The summed E-state index contributed by atoms with van der Waals surface area (Å²) in [6.45, 7) is 4.39. The lowest BCUT2D eigenvalue weighted by molar-refractivity contribution is 0.0732. The van der Waals surface area contributed by atoms with Gasteiger partial charge in [-0.2, -0.15) is 0 Å². The van der Waals surface area contributed by atoms with Crippen LogP contribution in [-0.2, 0) is 0 Å². The van der Waals surface area contributed by atoms with Gasteiger partial charge in [0, 0.05) is 12.6 Å². The van der Waals surface area contributed by atoms with Gasteiger partial charge in [-0.15, -0.1) is 0 Å². The minimum Gasteiger partial charge on any atom is -0.389 e. The number of aliphatic hydroxyl groups is 1. The van der Waals surface area contributed by atoms with Gasteiger partial charge in [-0.1, -0.05) is 43.2 Å². The molecular formula is C16H25NO. The SMILES string of the molecule is CC(C)(O)CNC1CCCCC1c1ccccc1. The summed E-state index contributed by atoms with van der Waals surface area (Å²) in [7, 11) is 0. The summed E-state index contributed by atoms with van der Waals surface area (Å²) < 4.78 is 0. The van der Waals surface area contributed by atoms with Crippen molar-refractivity contribution < 1.29 is 5.11 Å². The largest absolute Gasteiger partial charge is 0.389 e.